The highest BCUT2D eigenvalue weighted by molar-refractivity contribution is 7.95. The lowest BCUT2D eigenvalue weighted by molar-refractivity contribution is -0.124. The molecule has 0 atom stereocenters. The second-order valence-corrected chi connectivity index (χ2v) is 6.86. The maximum atomic E-state index is 13.9. The van der Waals surface area contributed by atoms with E-state index in [1.165, 1.54) is 0 Å². The molecule has 2 amide bonds. The molecular weight excluding hydrogens is 414 g/mol. The predicted octanol–water partition coefficient (Wildman–Crippen LogP) is 4.06. The van der Waals surface area contributed by atoms with Gasteiger partial charge in [-0.25, -0.2) is 8.70 Å². The Labute approximate surface area is 161 Å². The van der Waals surface area contributed by atoms with Crippen molar-refractivity contribution >= 4 is 41.2 Å². The van der Waals surface area contributed by atoms with Crippen LogP contribution in [-0.4, -0.2) is 40.5 Å². The number of anilines is 1. The van der Waals surface area contributed by atoms with E-state index >= 15 is 0 Å². The average Bonchev–Trinajstić information content (AvgIpc) is 2.53. The molecular formula is C15H16ClF4N3O3S. The van der Waals surface area contributed by atoms with Gasteiger partial charge in [0, 0.05) is 18.2 Å². The number of carbonyl (C=O) groups is 2. The first kappa shape index (κ1) is 23.1. The van der Waals surface area contributed by atoms with Gasteiger partial charge in [0.1, 0.15) is 5.82 Å². The van der Waals surface area contributed by atoms with Crippen molar-refractivity contribution in [3.05, 3.63) is 40.4 Å². The van der Waals surface area contributed by atoms with Crippen LogP contribution in [0, 0.1) is 5.82 Å². The molecule has 0 aliphatic rings. The van der Waals surface area contributed by atoms with Crippen molar-refractivity contribution in [1.29, 1.82) is 0 Å². The highest BCUT2D eigenvalue weighted by atomic mass is 35.5. The number of hydrogen-bond acceptors (Lipinski definition) is 5. The lowest BCUT2D eigenvalue weighted by Gasteiger charge is -2.19. The van der Waals surface area contributed by atoms with Crippen molar-refractivity contribution < 1.29 is 32.3 Å². The standard InChI is InChI=1S/C15H16ClF4N3O3S/c1-7(2)23(3)27-22-14(26)8-4-11(10(17)5-9(8)16)21-13(25)6-12(24)15(18,19)20/h4-7,24H,1-3H3,(H,21,25)(H,22,26)/b12-6-. The van der Waals surface area contributed by atoms with E-state index < -0.39 is 35.3 Å². The Morgan fingerprint density at radius 2 is 1.93 bits per heavy atom. The average molecular weight is 430 g/mol. The maximum absolute atomic E-state index is 13.9. The second-order valence-electron chi connectivity index (χ2n) is 5.49. The third-order valence-corrected chi connectivity index (χ3v) is 4.43. The summed E-state index contributed by atoms with van der Waals surface area (Å²) in [5.41, 5.74) is -0.787. The normalized spacial score (nSPS) is 12.4. The molecule has 6 nitrogen and oxygen atoms in total. The van der Waals surface area contributed by atoms with E-state index in [1.54, 1.807) is 11.4 Å². The molecule has 0 unspecified atom stereocenters. The number of hydrogen-bond donors (Lipinski definition) is 3. The number of nitrogens with zero attached hydrogens (tertiary/aromatic N) is 1. The highest BCUT2D eigenvalue weighted by Crippen LogP contribution is 2.26. The number of carbonyl (C=O) groups excluding carboxylic acids is 2. The number of amides is 2. The molecule has 0 aromatic heterocycles. The Hall–Kier alpha value is -1.98. The number of rotatable bonds is 6. The first-order valence-corrected chi connectivity index (χ1v) is 8.46. The van der Waals surface area contributed by atoms with Crippen molar-refractivity contribution in [2.45, 2.75) is 26.1 Å². The van der Waals surface area contributed by atoms with E-state index in [9.17, 15) is 27.2 Å². The van der Waals surface area contributed by atoms with Crippen LogP contribution in [0.1, 0.15) is 24.2 Å². The topological polar surface area (TPSA) is 81.7 Å². The van der Waals surface area contributed by atoms with E-state index in [2.05, 4.69) is 4.72 Å². The second kappa shape index (κ2) is 9.29. The number of aliphatic hydroxyl groups excluding tert-OH is 1. The molecule has 1 rings (SSSR count). The zero-order valence-corrected chi connectivity index (χ0v) is 15.9. The molecule has 0 heterocycles. The number of benzene rings is 1. The van der Waals surface area contributed by atoms with Crippen molar-refractivity contribution in [2.24, 2.45) is 0 Å². The zero-order chi connectivity index (χ0) is 20.9. The summed E-state index contributed by atoms with van der Waals surface area (Å²) in [4.78, 5) is 23.7. The quantitative estimate of drug-likeness (QED) is 0.275. The van der Waals surface area contributed by atoms with Gasteiger partial charge in [0.25, 0.3) is 11.8 Å². The lowest BCUT2D eigenvalue weighted by Crippen LogP contribution is -2.27. The minimum atomic E-state index is -5.12. The molecule has 0 aliphatic carbocycles. The summed E-state index contributed by atoms with van der Waals surface area (Å²) in [5, 5.41) is 10.3. The molecule has 27 heavy (non-hydrogen) atoms. The summed E-state index contributed by atoms with van der Waals surface area (Å²) in [6.45, 7) is 3.75. The summed E-state index contributed by atoms with van der Waals surface area (Å²) >= 11 is 6.78. The van der Waals surface area contributed by atoms with Crippen molar-refractivity contribution in [3.63, 3.8) is 0 Å². The smallest absolute Gasteiger partial charge is 0.448 e. The number of alkyl halides is 3. The number of aliphatic hydroxyl groups is 1. The lowest BCUT2D eigenvalue weighted by atomic mass is 10.1. The van der Waals surface area contributed by atoms with Crippen LogP contribution in [0.3, 0.4) is 0 Å². The largest absolute Gasteiger partial charge is 0.504 e. The van der Waals surface area contributed by atoms with Gasteiger partial charge in [-0.2, -0.15) is 13.2 Å². The molecule has 1 aromatic rings. The Bertz CT molecular complexity index is 757. The van der Waals surface area contributed by atoms with Crippen LogP contribution in [0.5, 0.6) is 0 Å². The molecule has 1 aromatic carbocycles. The third-order valence-electron chi connectivity index (χ3n) is 3.13. The molecule has 0 fully saturated rings. The van der Waals surface area contributed by atoms with Crippen molar-refractivity contribution in [2.75, 3.05) is 12.4 Å². The molecule has 150 valence electrons. The first-order chi connectivity index (χ1) is 12.3. The van der Waals surface area contributed by atoms with Crippen molar-refractivity contribution in [3.8, 4) is 0 Å². The Kier molecular flexibility index (Phi) is 7.93. The van der Waals surface area contributed by atoms with Gasteiger partial charge in [0.15, 0.2) is 0 Å². The molecule has 0 saturated heterocycles. The molecule has 0 aliphatic heterocycles. The van der Waals surface area contributed by atoms with Crippen molar-refractivity contribution in [1.82, 2.24) is 9.03 Å². The Morgan fingerprint density at radius 3 is 2.44 bits per heavy atom. The predicted molar refractivity (Wildman–Crippen MR) is 94.8 cm³/mol. The van der Waals surface area contributed by atoms with E-state index in [-0.39, 0.29) is 22.7 Å². The molecule has 0 bridgehead atoms. The van der Waals surface area contributed by atoms with Gasteiger partial charge < -0.3 is 10.4 Å². The molecule has 0 spiro atoms. The number of nitrogens with one attached hydrogen (secondary N) is 2. The van der Waals surface area contributed by atoms with E-state index in [0.717, 1.165) is 24.3 Å². The van der Waals surface area contributed by atoms with E-state index in [4.69, 9.17) is 16.7 Å². The number of allylic oxidation sites excluding steroid dienone is 1. The number of halogens is 5. The Balaban J connectivity index is 3.00. The van der Waals surface area contributed by atoms with Gasteiger partial charge in [-0.05, 0) is 33.0 Å². The van der Waals surface area contributed by atoms with E-state index in [0.29, 0.717) is 0 Å². The molecule has 0 saturated carbocycles. The zero-order valence-electron chi connectivity index (χ0n) is 14.3. The Morgan fingerprint density at radius 1 is 1.33 bits per heavy atom. The van der Waals surface area contributed by atoms with Gasteiger partial charge in [-0.15, -0.1) is 0 Å². The summed E-state index contributed by atoms with van der Waals surface area (Å²) in [6, 6.07) is 1.71. The highest BCUT2D eigenvalue weighted by Gasteiger charge is 2.34. The van der Waals surface area contributed by atoms with Gasteiger partial charge in [-0.1, -0.05) is 11.6 Å². The van der Waals surface area contributed by atoms with Gasteiger partial charge in [-0.3, -0.25) is 14.3 Å². The van der Waals surface area contributed by atoms with Crippen LogP contribution in [0.4, 0.5) is 23.2 Å². The SMILES string of the molecule is CC(C)N(C)SNC(=O)c1cc(NC(=O)/C=C(\O)C(F)(F)F)c(F)cc1Cl. The summed E-state index contributed by atoms with van der Waals surface area (Å²) in [5.74, 6) is -5.37. The van der Waals surface area contributed by atoms with Crippen LogP contribution >= 0.6 is 23.7 Å². The van der Waals surface area contributed by atoms with Gasteiger partial charge >= 0.3 is 6.18 Å². The maximum Gasteiger partial charge on any atom is 0.448 e. The molecule has 12 heteroatoms. The summed E-state index contributed by atoms with van der Waals surface area (Å²) < 4.78 is 54.7. The minimum Gasteiger partial charge on any atom is -0.504 e. The molecule has 0 radical (unpaired) electrons. The van der Waals surface area contributed by atoms with Gasteiger partial charge in [0.2, 0.25) is 5.76 Å². The fourth-order valence-electron chi connectivity index (χ4n) is 1.47. The summed E-state index contributed by atoms with van der Waals surface area (Å²) in [6.07, 6.45) is -5.28. The fraction of sp³-hybridized carbons (Fsp3) is 0.333. The van der Waals surface area contributed by atoms with E-state index in [1.807, 2.05) is 19.2 Å². The van der Waals surface area contributed by atoms with Crippen LogP contribution < -0.4 is 10.0 Å². The summed E-state index contributed by atoms with van der Waals surface area (Å²) in [7, 11) is 1.72. The monoisotopic (exact) mass is 429 g/mol. The minimum absolute atomic E-state index is 0.0990. The third kappa shape index (κ3) is 6.92. The van der Waals surface area contributed by atoms with Crippen LogP contribution in [-0.2, 0) is 4.79 Å². The van der Waals surface area contributed by atoms with Crippen LogP contribution in [0.2, 0.25) is 5.02 Å². The fourth-order valence-corrected chi connectivity index (χ4v) is 2.25. The first-order valence-electron chi connectivity index (χ1n) is 7.31. The molecule has 3 N–H and O–H groups in total. The van der Waals surface area contributed by atoms with Crippen LogP contribution in [0.25, 0.3) is 0 Å². The van der Waals surface area contributed by atoms with Crippen LogP contribution in [0.15, 0.2) is 24.0 Å². The van der Waals surface area contributed by atoms with Gasteiger partial charge in [0.05, 0.1) is 22.3 Å².